The van der Waals surface area contributed by atoms with Gasteiger partial charge < -0.3 is 5.73 Å². The second kappa shape index (κ2) is 4.23. The van der Waals surface area contributed by atoms with Crippen LogP contribution in [0.1, 0.15) is 5.56 Å². The van der Waals surface area contributed by atoms with Crippen LogP contribution in [0.25, 0.3) is 0 Å². The highest BCUT2D eigenvalue weighted by molar-refractivity contribution is 9.12. The van der Waals surface area contributed by atoms with Crippen molar-refractivity contribution in [3.05, 3.63) is 52.7 Å². The first-order valence-corrected chi connectivity index (χ1v) is 5.62. The molecular weight excluding hydrogens is 268 g/mol. The van der Waals surface area contributed by atoms with E-state index < -0.39 is 0 Å². The Kier molecular flexibility index (Phi) is 2.94. The average Bonchev–Trinajstić information content (AvgIpc) is 2.54. The first-order valence-electron chi connectivity index (χ1n) is 4.83. The van der Waals surface area contributed by atoms with Crippen molar-refractivity contribution in [3.63, 3.8) is 0 Å². The highest BCUT2D eigenvalue weighted by Gasteiger charge is 2.26. The summed E-state index contributed by atoms with van der Waals surface area (Å²) >= 11 is 3.20. The summed E-state index contributed by atoms with van der Waals surface area (Å²) in [7, 11) is 0. The summed E-state index contributed by atoms with van der Waals surface area (Å²) in [5, 5.41) is 0. The number of anilines is 1. The van der Waals surface area contributed by atoms with E-state index in [0.29, 0.717) is 16.7 Å². The molecule has 0 aromatic heterocycles. The molecule has 0 saturated carbocycles. The normalized spacial score (nSPS) is 15.6. The number of amides is 1. The molecule has 1 aromatic carbocycles. The molecule has 0 radical (unpaired) electrons. The van der Waals surface area contributed by atoms with E-state index >= 15 is 0 Å². The minimum absolute atomic E-state index is 0.0921. The lowest BCUT2D eigenvalue weighted by Crippen LogP contribution is -2.23. The molecule has 0 aliphatic carbocycles. The maximum Gasteiger partial charge on any atom is 0.269 e. The monoisotopic (exact) mass is 278 g/mol. The fraction of sp³-hybridized carbons (Fsp3) is 0.0833. The maximum absolute atomic E-state index is 11.8. The van der Waals surface area contributed by atoms with Crippen molar-refractivity contribution in [2.75, 3.05) is 4.90 Å². The van der Waals surface area contributed by atoms with E-state index in [1.54, 1.807) is 11.0 Å². The number of carbonyl (C=O) groups is 1. The van der Waals surface area contributed by atoms with E-state index in [2.05, 4.69) is 22.5 Å². The highest BCUT2D eigenvalue weighted by atomic mass is 79.9. The minimum atomic E-state index is -0.0921. The highest BCUT2D eigenvalue weighted by Crippen LogP contribution is 2.30. The first kappa shape index (κ1) is 11.1. The van der Waals surface area contributed by atoms with E-state index in [1.807, 2.05) is 24.3 Å². The van der Waals surface area contributed by atoms with Crippen molar-refractivity contribution in [2.24, 2.45) is 5.73 Å². The molecule has 4 heteroatoms. The fourth-order valence-corrected chi connectivity index (χ4v) is 2.02. The van der Waals surface area contributed by atoms with Gasteiger partial charge in [0.05, 0.1) is 4.48 Å². The van der Waals surface area contributed by atoms with Gasteiger partial charge in [-0.25, -0.2) is 0 Å². The lowest BCUT2D eigenvalue weighted by molar-refractivity contribution is -0.113. The van der Waals surface area contributed by atoms with Crippen molar-refractivity contribution < 1.29 is 4.79 Å². The van der Waals surface area contributed by atoms with Crippen LogP contribution in [0.5, 0.6) is 0 Å². The van der Waals surface area contributed by atoms with Crippen molar-refractivity contribution in [3.8, 4) is 0 Å². The van der Waals surface area contributed by atoms with Crippen LogP contribution in [0.3, 0.4) is 0 Å². The second-order valence-electron chi connectivity index (χ2n) is 3.49. The van der Waals surface area contributed by atoms with Gasteiger partial charge >= 0.3 is 0 Å². The molecule has 0 fully saturated rings. The third kappa shape index (κ3) is 1.81. The Morgan fingerprint density at radius 2 is 1.94 bits per heavy atom. The van der Waals surface area contributed by atoms with Crippen LogP contribution >= 0.6 is 15.9 Å². The Morgan fingerprint density at radius 3 is 2.38 bits per heavy atom. The molecule has 1 aliphatic heterocycles. The summed E-state index contributed by atoms with van der Waals surface area (Å²) in [6.07, 6.45) is 1.71. The molecule has 3 nitrogen and oxygen atoms in total. The van der Waals surface area contributed by atoms with E-state index in [9.17, 15) is 4.79 Å². The Balaban J connectivity index is 2.32. The predicted octanol–water partition coefficient (Wildman–Crippen LogP) is 2.28. The molecule has 2 N–H and O–H groups in total. The van der Waals surface area contributed by atoms with Crippen LogP contribution in [0.2, 0.25) is 0 Å². The fourth-order valence-electron chi connectivity index (χ4n) is 1.57. The first-order chi connectivity index (χ1) is 7.63. The molecule has 0 spiro atoms. The van der Waals surface area contributed by atoms with Gasteiger partial charge in [-0.1, -0.05) is 18.7 Å². The summed E-state index contributed by atoms with van der Waals surface area (Å²) < 4.78 is 0.528. The molecule has 1 aromatic rings. The van der Waals surface area contributed by atoms with E-state index in [1.165, 1.54) is 0 Å². The molecule has 2 rings (SSSR count). The van der Waals surface area contributed by atoms with Gasteiger partial charge in [0.1, 0.15) is 0 Å². The molecule has 0 atom stereocenters. The van der Waals surface area contributed by atoms with Gasteiger partial charge in [-0.3, -0.25) is 9.69 Å². The quantitative estimate of drug-likeness (QED) is 0.902. The lowest BCUT2D eigenvalue weighted by Gasteiger charge is -2.17. The lowest BCUT2D eigenvalue weighted by atomic mass is 10.2. The standard InChI is InChI=1S/C12H11BrN2O/c1-8-6-11(13)12(16)15(8)10-4-2-9(7-14)3-5-10/h2-6H,1,7,14H2. The Hall–Kier alpha value is -1.39. The zero-order valence-corrected chi connectivity index (χ0v) is 10.2. The summed E-state index contributed by atoms with van der Waals surface area (Å²) in [4.78, 5) is 13.4. The number of rotatable bonds is 2. The molecule has 16 heavy (non-hydrogen) atoms. The zero-order chi connectivity index (χ0) is 11.7. The van der Waals surface area contributed by atoms with Crippen LogP contribution in [0, 0.1) is 0 Å². The third-order valence-electron chi connectivity index (χ3n) is 2.42. The molecule has 0 bridgehead atoms. The summed E-state index contributed by atoms with van der Waals surface area (Å²) in [6.45, 7) is 4.33. The summed E-state index contributed by atoms with van der Waals surface area (Å²) in [5.41, 5.74) is 8.02. The van der Waals surface area contributed by atoms with Crippen LogP contribution < -0.4 is 10.6 Å². The largest absolute Gasteiger partial charge is 0.326 e. The average molecular weight is 279 g/mol. The van der Waals surface area contributed by atoms with Crippen LogP contribution in [0.15, 0.2) is 47.1 Å². The van der Waals surface area contributed by atoms with Gasteiger partial charge in [-0.15, -0.1) is 0 Å². The Morgan fingerprint density at radius 1 is 1.31 bits per heavy atom. The predicted molar refractivity (Wildman–Crippen MR) is 68.0 cm³/mol. The van der Waals surface area contributed by atoms with Gasteiger partial charge in [0.25, 0.3) is 5.91 Å². The Labute approximate surface area is 102 Å². The van der Waals surface area contributed by atoms with Crippen molar-refractivity contribution in [1.29, 1.82) is 0 Å². The zero-order valence-electron chi connectivity index (χ0n) is 8.61. The van der Waals surface area contributed by atoms with Crippen LogP contribution in [0.4, 0.5) is 5.69 Å². The molecule has 82 valence electrons. The SMILES string of the molecule is C=C1C=C(Br)C(=O)N1c1ccc(CN)cc1. The molecule has 0 saturated heterocycles. The summed E-state index contributed by atoms with van der Waals surface area (Å²) in [5.74, 6) is -0.0921. The Bertz CT molecular complexity index is 476. The van der Waals surface area contributed by atoms with Gasteiger partial charge in [-0.2, -0.15) is 0 Å². The number of benzene rings is 1. The number of carbonyl (C=O) groups excluding carboxylic acids is 1. The van der Waals surface area contributed by atoms with E-state index in [-0.39, 0.29) is 5.91 Å². The van der Waals surface area contributed by atoms with Gasteiger partial charge in [0, 0.05) is 17.9 Å². The number of nitrogens with zero attached hydrogens (tertiary/aromatic N) is 1. The topological polar surface area (TPSA) is 46.3 Å². The molecule has 0 unspecified atom stereocenters. The van der Waals surface area contributed by atoms with E-state index in [4.69, 9.17) is 5.73 Å². The van der Waals surface area contributed by atoms with Crippen LogP contribution in [-0.2, 0) is 11.3 Å². The molecule has 1 heterocycles. The smallest absolute Gasteiger partial charge is 0.269 e. The number of halogens is 1. The number of hydrogen-bond donors (Lipinski definition) is 1. The number of hydrogen-bond acceptors (Lipinski definition) is 2. The van der Waals surface area contributed by atoms with E-state index in [0.717, 1.165) is 11.3 Å². The van der Waals surface area contributed by atoms with Crippen molar-refractivity contribution >= 4 is 27.5 Å². The molecular formula is C12H11BrN2O. The molecule has 1 amide bonds. The minimum Gasteiger partial charge on any atom is -0.326 e. The maximum atomic E-state index is 11.8. The summed E-state index contributed by atoms with van der Waals surface area (Å²) in [6, 6.07) is 7.54. The second-order valence-corrected chi connectivity index (χ2v) is 4.35. The van der Waals surface area contributed by atoms with Gasteiger partial charge in [0.2, 0.25) is 0 Å². The number of nitrogens with two attached hydrogens (primary N) is 1. The molecule has 1 aliphatic rings. The van der Waals surface area contributed by atoms with Gasteiger partial charge in [0.15, 0.2) is 0 Å². The van der Waals surface area contributed by atoms with Crippen molar-refractivity contribution in [2.45, 2.75) is 6.54 Å². The number of allylic oxidation sites excluding steroid dienone is 1. The van der Waals surface area contributed by atoms with Gasteiger partial charge in [-0.05, 0) is 39.7 Å². The van der Waals surface area contributed by atoms with Crippen molar-refractivity contribution in [1.82, 2.24) is 0 Å². The third-order valence-corrected chi connectivity index (χ3v) is 2.99. The van der Waals surface area contributed by atoms with Crippen LogP contribution in [-0.4, -0.2) is 5.91 Å².